The summed E-state index contributed by atoms with van der Waals surface area (Å²) in [5.74, 6) is 0. The minimum atomic E-state index is 0.830. The molecule has 0 aliphatic carbocycles. The molecular formula is C46H29N3. The molecule has 228 valence electrons. The van der Waals surface area contributed by atoms with E-state index in [9.17, 15) is 0 Å². The standard InChI is InChI=1S/C46H29N3/c1-2-12-30(13-3-1)46-41-22-8-9-23-44(41)49-45(47-46)29-43(48-49)35-17-11-16-33(27-35)31-14-10-15-32(26-31)34-24-25-40-38-20-5-4-18-36(38)37-19-6-7-21-39(37)42(40)28-34/h1-29H. The van der Waals surface area contributed by atoms with Crippen molar-refractivity contribution in [3.8, 4) is 44.8 Å². The zero-order valence-electron chi connectivity index (χ0n) is 26.6. The van der Waals surface area contributed by atoms with Gasteiger partial charge in [-0.3, -0.25) is 0 Å². The Bertz CT molecular complexity index is 2850. The molecule has 0 radical (unpaired) electrons. The van der Waals surface area contributed by atoms with Crippen LogP contribution in [0.15, 0.2) is 176 Å². The van der Waals surface area contributed by atoms with E-state index >= 15 is 0 Å². The molecule has 0 fully saturated rings. The molecule has 2 heterocycles. The molecule has 2 aromatic heterocycles. The third-order valence-corrected chi connectivity index (χ3v) is 9.78. The third kappa shape index (κ3) is 4.51. The van der Waals surface area contributed by atoms with Gasteiger partial charge in [0, 0.05) is 22.6 Å². The normalized spacial score (nSPS) is 11.7. The molecule has 0 aliphatic heterocycles. The fourth-order valence-electron chi connectivity index (χ4n) is 7.44. The molecule has 10 aromatic rings. The van der Waals surface area contributed by atoms with Crippen molar-refractivity contribution in [3.63, 3.8) is 0 Å². The maximum atomic E-state index is 5.10. The van der Waals surface area contributed by atoms with Crippen LogP contribution in [0.25, 0.3) is 93.6 Å². The van der Waals surface area contributed by atoms with Crippen molar-refractivity contribution < 1.29 is 0 Å². The van der Waals surface area contributed by atoms with E-state index in [-0.39, 0.29) is 0 Å². The lowest BCUT2D eigenvalue weighted by Gasteiger charge is -2.12. The number of hydrogen-bond donors (Lipinski definition) is 0. The molecule has 0 aliphatic rings. The van der Waals surface area contributed by atoms with Gasteiger partial charge in [-0.05, 0) is 78.8 Å². The SMILES string of the molecule is c1ccc(-c2nc3cc(-c4cccc(-c5cccc(-c6ccc7c8ccccc8c8ccccc8c7c6)c5)c4)nn3c3ccccc23)cc1. The highest BCUT2D eigenvalue weighted by molar-refractivity contribution is 6.25. The largest absolute Gasteiger partial charge is 0.228 e. The number of benzene rings is 8. The summed E-state index contributed by atoms with van der Waals surface area (Å²) < 4.78 is 1.97. The summed E-state index contributed by atoms with van der Waals surface area (Å²) in [4.78, 5) is 5.10. The van der Waals surface area contributed by atoms with Crippen molar-refractivity contribution in [1.82, 2.24) is 14.6 Å². The number of fused-ring (bicyclic) bond motifs is 9. The first kappa shape index (κ1) is 27.5. The van der Waals surface area contributed by atoms with E-state index in [0.717, 1.165) is 44.6 Å². The molecular weight excluding hydrogens is 595 g/mol. The Morgan fingerprint density at radius 2 is 0.816 bits per heavy atom. The maximum Gasteiger partial charge on any atom is 0.157 e. The van der Waals surface area contributed by atoms with Gasteiger partial charge in [0.05, 0.1) is 16.9 Å². The molecule has 0 N–H and O–H groups in total. The summed E-state index contributed by atoms with van der Waals surface area (Å²) in [7, 11) is 0. The Labute approximate surface area is 283 Å². The number of aromatic nitrogens is 3. The van der Waals surface area contributed by atoms with Crippen LogP contribution in [0.1, 0.15) is 0 Å². The molecule has 0 unspecified atom stereocenters. The van der Waals surface area contributed by atoms with E-state index in [1.54, 1.807) is 0 Å². The van der Waals surface area contributed by atoms with Gasteiger partial charge >= 0.3 is 0 Å². The van der Waals surface area contributed by atoms with Gasteiger partial charge in [0.2, 0.25) is 0 Å². The van der Waals surface area contributed by atoms with Gasteiger partial charge in [-0.1, -0.05) is 146 Å². The molecule has 3 heteroatoms. The van der Waals surface area contributed by atoms with Crippen LogP contribution in [0.2, 0.25) is 0 Å². The summed E-state index contributed by atoms with van der Waals surface area (Å²) in [5, 5.41) is 13.9. The molecule has 0 spiro atoms. The van der Waals surface area contributed by atoms with Gasteiger partial charge in [-0.2, -0.15) is 5.10 Å². The average molecular weight is 624 g/mol. The van der Waals surface area contributed by atoms with Crippen LogP contribution in [0, 0.1) is 0 Å². The van der Waals surface area contributed by atoms with Gasteiger partial charge in [0.15, 0.2) is 5.65 Å². The number of para-hydroxylation sites is 1. The van der Waals surface area contributed by atoms with Crippen molar-refractivity contribution in [3.05, 3.63) is 176 Å². The zero-order valence-corrected chi connectivity index (χ0v) is 26.6. The van der Waals surface area contributed by atoms with Gasteiger partial charge in [-0.15, -0.1) is 0 Å². The molecule has 0 saturated heterocycles. The van der Waals surface area contributed by atoms with E-state index in [1.165, 1.54) is 49.0 Å². The van der Waals surface area contributed by atoms with Crippen LogP contribution in [0.4, 0.5) is 0 Å². The predicted octanol–water partition coefficient (Wildman–Crippen LogP) is 12.0. The fraction of sp³-hybridized carbons (Fsp3) is 0. The Morgan fingerprint density at radius 1 is 0.327 bits per heavy atom. The first-order valence-corrected chi connectivity index (χ1v) is 16.7. The topological polar surface area (TPSA) is 30.2 Å². The minimum absolute atomic E-state index is 0.830. The Balaban J connectivity index is 1.06. The van der Waals surface area contributed by atoms with Crippen LogP contribution < -0.4 is 0 Å². The third-order valence-electron chi connectivity index (χ3n) is 9.78. The smallest absolute Gasteiger partial charge is 0.157 e. The summed E-state index contributed by atoms with van der Waals surface area (Å²) in [5.41, 5.74) is 10.6. The second-order valence-corrected chi connectivity index (χ2v) is 12.7. The van der Waals surface area contributed by atoms with Crippen molar-refractivity contribution in [2.45, 2.75) is 0 Å². The molecule has 3 nitrogen and oxygen atoms in total. The highest BCUT2D eigenvalue weighted by atomic mass is 15.3. The van der Waals surface area contributed by atoms with Crippen LogP contribution in [-0.2, 0) is 0 Å². The maximum absolute atomic E-state index is 5.10. The molecule has 8 aromatic carbocycles. The van der Waals surface area contributed by atoms with E-state index in [1.807, 2.05) is 10.6 Å². The Morgan fingerprint density at radius 3 is 1.49 bits per heavy atom. The summed E-state index contributed by atoms with van der Waals surface area (Å²) in [6, 6.07) is 62.8. The second-order valence-electron chi connectivity index (χ2n) is 12.7. The van der Waals surface area contributed by atoms with Crippen molar-refractivity contribution >= 4 is 48.9 Å². The zero-order chi connectivity index (χ0) is 32.3. The number of nitrogens with zero attached hydrogens (tertiary/aromatic N) is 3. The predicted molar refractivity (Wildman–Crippen MR) is 205 cm³/mol. The van der Waals surface area contributed by atoms with E-state index in [4.69, 9.17) is 10.1 Å². The summed E-state index contributed by atoms with van der Waals surface area (Å²) in [6.07, 6.45) is 0. The first-order chi connectivity index (χ1) is 24.3. The molecule has 0 amide bonds. The molecule has 0 bridgehead atoms. The lowest BCUT2D eigenvalue weighted by molar-refractivity contribution is 0.989. The monoisotopic (exact) mass is 623 g/mol. The first-order valence-electron chi connectivity index (χ1n) is 16.7. The van der Waals surface area contributed by atoms with Crippen molar-refractivity contribution in [2.75, 3.05) is 0 Å². The van der Waals surface area contributed by atoms with Gasteiger partial charge < -0.3 is 0 Å². The van der Waals surface area contributed by atoms with Crippen LogP contribution in [0.5, 0.6) is 0 Å². The average Bonchev–Trinajstić information content (AvgIpc) is 3.63. The minimum Gasteiger partial charge on any atom is -0.228 e. The van der Waals surface area contributed by atoms with E-state index in [2.05, 4.69) is 170 Å². The van der Waals surface area contributed by atoms with Gasteiger partial charge in [0.1, 0.15) is 0 Å². The van der Waals surface area contributed by atoms with Crippen molar-refractivity contribution in [1.29, 1.82) is 0 Å². The molecule has 10 rings (SSSR count). The summed E-state index contributed by atoms with van der Waals surface area (Å²) >= 11 is 0. The lowest BCUT2D eigenvalue weighted by atomic mass is 9.91. The van der Waals surface area contributed by atoms with E-state index in [0.29, 0.717) is 0 Å². The molecule has 0 saturated carbocycles. The highest BCUT2D eigenvalue weighted by Crippen LogP contribution is 2.38. The van der Waals surface area contributed by atoms with Crippen LogP contribution in [-0.4, -0.2) is 14.6 Å². The fourth-order valence-corrected chi connectivity index (χ4v) is 7.44. The van der Waals surface area contributed by atoms with E-state index < -0.39 is 0 Å². The van der Waals surface area contributed by atoms with Crippen molar-refractivity contribution in [2.24, 2.45) is 0 Å². The van der Waals surface area contributed by atoms with Crippen LogP contribution in [0.3, 0.4) is 0 Å². The molecule has 49 heavy (non-hydrogen) atoms. The molecule has 0 atom stereocenters. The van der Waals surface area contributed by atoms with Crippen LogP contribution >= 0.6 is 0 Å². The van der Waals surface area contributed by atoms with Gasteiger partial charge in [0.25, 0.3) is 0 Å². The number of rotatable bonds is 4. The Kier molecular flexibility index (Phi) is 6.18. The lowest BCUT2D eigenvalue weighted by Crippen LogP contribution is -1.96. The van der Waals surface area contributed by atoms with Gasteiger partial charge in [-0.25, -0.2) is 9.50 Å². The highest BCUT2D eigenvalue weighted by Gasteiger charge is 2.15. The quantitative estimate of drug-likeness (QED) is 0.183. The Hall–Kier alpha value is -6.58. The number of hydrogen-bond acceptors (Lipinski definition) is 2. The summed E-state index contributed by atoms with van der Waals surface area (Å²) in [6.45, 7) is 0. The second kappa shape index (κ2) is 11.0.